The predicted octanol–water partition coefficient (Wildman–Crippen LogP) is 3.52. The summed E-state index contributed by atoms with van der Waals surface area (Å²) in [4.78, 5) is 28.1. The van der Waals surface area contributed by atoms with Gasteiger partial charge in [-0.05, 0) is 30.8 Å². The molecule has 0 aliphatic rings. The summed E-state index contributed by atoms with van der Waals surface area (Å²) in [6.07, 6.45) is 1.66. The van der Waals surface area contributed by atoms with Crippen LogP contribution in [-0.4, -0.2) is 55.4 Å². The molecule has 0 spiro atoms. The van der Waals surface area contributed by atoms with Gasteiger partial charge in [0, 0.05) is 13.1 Å². The van der Waals surface area contributed by atoms with Gasteiger partial charge in [0.1, 0.15) is 0 Å². The number of allylic oxidation sites excluding steroid dienone is 1. The maximum absolute atomic E-state index is 12.9. The minimum Gasteiger partial charge on any atom is -0.353 e. The molecular formula is C26H30N6O2S. The molecule has 0 aliphatic heterocycles. The van der Waals surface area contributed by atoms with Crippen LogP contribution in [0.1, 0.15) is 25.5 Å². The molecule has 4 rings (SSSR count). The van der Waals surface area contributed by atoms with Gasteiger partial charge in [-0.3, -0.25) is 23.5 Å². The van der Waals surface area contributed by atoms with E-state index in [2.05, 4.69) is 53.0 Å². The molecule has 0 saturated carbocycles. The molecule has 182 valence electrons. The largest absolute Gasteiger partial charge is 0.353 e. The third-order valence-corrected chi connectivity index (χ3v) is 6.98. The fraction of sp³-hybridized carbons (Fsp3) is 0.308. The SMILES string of the molecule is C=CCn1c(=O)c2ccccc2n2c(SCC(=O)NCC(c3ccccc3)N(CC)CC)nnc12. The Morgan fingerprint density at radius 1 is 1.11 bits per heavy atom. The van der Waals surface area contributed by atoms with E-state index in [4.69, 9.17) is 0 Å². The highest BCUT2D eigenvalue weighted by Gasteiger charge is 2.20. The minimum absolute atomic E-state index is 0.0800. The third kappa shape index (κ3) is 5.16. The van der Waals surface area contributed by atoms with E-state index in [1.807, 2.05) is 40.8 Å². The lowest BCUT2D eigenvalue weighted by atomic mass is 10.1. The van der Waals surface area contributed by atoms with Gasteiger partial charge < -0.3 is 5.32 Å². The Balaban J connectivity index is 1.53. The quantitative estimate of drug-likeness (QED) is 0.256. The van der Waals surface area contributed by atoms with Crippen molar-refractivity contribution >= 4 is 34.3 Å². The van der Waals surface area contributed by atoms with Crippen LogP contribution in [0.15, 0.2) is 77.2 Å². The van der Waals surface area contributed by atoms with Gasteiger partial charge in [-0.15, -0.1) is 16.8 Å². The van der Waals surface area contributed by atoms with E-state index in [0.717, 1.165) is 13.1 Å². The Morgan fingerprint density at radius 3 is 2.54 bits per heavy atom. The number of carbonyl (C=O) groups is 1. The average Bonchev–Trinajstić information content (AvgIpc) is 3.32. The number of hydrogen-bond donors (Lipinski definition) is 1. The summed E-state index contributed by atoms with van der Waals surface area (Å²) >= 11 is 1.30. The number of nitrogens with one attached hydrogen (secondary N) is 1. The number of fused-ring (bicyclic) bond motifs is 3. The monoisotopic (exact) mass is 490 g/mol. The number of thioether (sulfide) groups is 1. The van der Waals surface area contributed by atoms with Crippen LogP contribution in [0.2, 0.25) is 0 Å². The molecule has 2 heterocycles. The Kier molecular flexibility index (Phi) is 7.99. The number of rotatable bonds is 11. The smallest absolute Gasteiger partial charge is 0.263 e. The standard InChI is InChI=1S/C26H30N6O2S/c1-4-16-31-24(34)20-14-10-11-15-21(20)32-25(31)28-29-26(32)35-18-23(33)27-17-22(30(5-2)6-3)19-12-8-7-9-13-19/h4,7-15,22H,1,5-6,16-18H2,2-3H3,(H,27,33). The summed E-state index contributed by atoms with van der Waals surface area (Å²) < 4.78 is 3.38. The van der Waals surface area contributed by atoms with Crippen LogP contribution in [0.3, 0.4) is 0 Å². The minimum atomic E-state index is -0.141. The molecule has 1 amide bonds. The summed E-state index contributed by atoms with van der Waals surface area (Å²) in [5.74, 6) is 0.542. The molecule has 4 aromatic rings. The van der Waals surface area contributed by atoms with Gasteiger partial charge in [0.2, 0.25) is 11.7 Å². The Morgan fingerprint density at radius 2 is 1.83 bits per heavy atom. The van der Waals surface area contributed by atoms with Crippen molar-refractivity contribution < 1.29 is 4.79 Å². The van der Waals surface area contributed by atoms with Gasteiger partial charge in [0.25, 0.3) is 5.56 Å². The van der Waals surface area contributed by atoms with Crippen LogP contribution in [0.5, 0.6) is 0 Å². The molecule has 35 heavy (non-hydrogen) atoms. The molecule has 0 fully saturated rings. The number of nitrogens with zero attached hydrogens (tertiary/aromatic N) is 5. The van der Waals surface area contributed by atoms with Gasteiger partial charge in [-0.2, -0.15) is 0 Å². The summed E-state index contributed by atoms with van der Waals surface area (Å²) in [5, 5.41) is 12.8. The number of para-hydroxylation sites is 1. The number of hydrogen-bond acceptors (Lipinski definition) is 6. The number of amides is 1. The molecule has 1 unspecified atom stereocenters. The van der Waals surface area contributed by atoms with Crippen LogP contribution in [-0.2, 0) is 11.3 Å². The molecule has 8 nitrogen and oxygen atoms in total. The number of carbonyl (C=O) groups excluding carboxylic acids is 1. The predicted molar refractivity (Wildman–Crippen MR) is 141 cm³/mol. The van der Waals surface area contributed by atoms with Crippen molar-refractivity contribution in [1.29, 1.82) is 0 Å². The van der Waals surface area contributed by atoms with Gasteiger partial charge >= 0.3 is 0 Å². The first-order chi connectivity index (χ1) is 17.1. The van der Waals surface area contributed by atoms with Crippen LogP contribution in [0.25, 0.3) is 16.7 Å². The van der Waals surface area contributed by atoms with Crippen LogP contribution < -0.4 is 10.9 Å². The van der Waals surface area contributed by atoms with Crippen molar-refractivity contribution in [1.82, 2.24) is 29.4 Å². The lowest BCUT2D eigenvalue weighted by Gasteiger charge is -2.30. The van der Waals surface area contributed by atoms with Gasteiger partial charge in [-0.1, -0.05) is 74.1 Å². The normalized spacial score (nSPS) is 12.3. The first kappa shape index (κ1) is 24.7. The summed E-state index contributed by atoms with van der Waals surface area (Å²) in [6.45, 7) is 10.6. The average molecular weight is 491 g/mol. The Bertz CT molecular complexity index is 1380. The number of aromatic nitrogens is 4. The fourth-order valence-electron chi connectivity index (χ4n) is 4.31. The topological polar surface area (TPSA) is 84.5 Å². The van der Waals surface area contributed by atoms with Crippen molar-refractivity contribution in [3.8, 4) is 0 Å². The van der Waals surface area contributed by atoms with Crippen molar-refractivity contribution in [2.75, 3.05) is 25.4 Å². The van der Waals surface area contributed by atoms with E-state index in [1.165, 1.54) is 17.3 Å². The first-order valence-corrected chi connectivity index (χ1v) is 12.7. The van der Waals surface area contributed by atoms with Gasteiger partial charge in [0.05, 0.1) is 22.7 Å². The molecule has 0 radical (unpaired) electrons. The van der Waals surface area contributed by atoms with Crippen molar-refractivity contribution in [2.45, 2.75) is 31.6 Å². The molecule has 0 saturated heterocycles. The van der Waals surface area contributed by atoms with E-state index in [1.54, 1.807) is 16.7 Å². The highest BCUT2D eigenvalue weighted by molar-refractivity contribution is 7.99. The Hall–Kier alpha value is -3.43. The van der Waals surface area contributed by atoms with E-state index in [0.29, 0.717) is 34.9 Å². The molecule has 0 bridgehead atoms. The molecule has 1 atom stereocenters. The zero-order valence-corrected chi connectivity index (χ0v) is 20.9. The van der Waals surface area contributed by atoms with Crippen LogP contribution in [0, 0.1) is 0 Å². The fourth-order valence-corrected chi connectivity index (χ4v) is 5.08. The maximum Gasteiger partial charge on any atom is 0.263 e. The molecule has 1 N–H and O–H groups in total. The molecular weight excluding hydrogens is 460 g/mol. The van der Waals surface area contributed by atoms with Crippen molar-refractivity contribution in [3.05, 3.63) is 83.2 Å². The second-order valence-corrected chi connectivity index (χ2v) is 9.02. The molecule has 2 aromatic carbocycles. The first-order valence-electron chi connectivity index (χ1n) is 11.7. The third-order valence-electron chi connectivity index (χ3n) is 6.05. The summed E-state index contributed by atoms with van der Waals surface area (Å²) in [6, 6.07) is 17.7. The second-order valence-electron chi connectivity index (χ2n) is 8.08. The Labute approximate surface area is 208 Å². The number of benzene rings is 2. The highest BCUT2D eigenvalue weighted by atomic mass is 32.2. The van der Waals surface area contributed by atoms with E-state index >= 15 is 0 Å². The van der Waals surface area contributed by atoms with Gasteiger partial charge in [0.15, 0.2) is 5.16 Å². The zero-order chi connectivity index (χ0) is 24.8. The molecule has 2 aromatic heterocycles. The summed E-state index contributed by atoms with van der Waals surface area (Å²) in [5.41, 5.74) is 1.75. The van der Waals surface area contributed by atoms with Crippen molar-refractivity contribution in [3.63, 3.8) is 0 Å². The summed E-state index contributed by atoms with van der Waals surface area (Å²) in [7, 11) is 0. The van der Waals surface area contributed by atoms with E-state index in [9.17, 15) is 9.59 Å². The van der Waals surface area contributed by atoms with Gasteiger partial charge in [-0.25, -0.2) is 0 Å². The van der Waals surface area contributed by atoms with E-state index < -0.39 is 0 Å². The maximum atomic E-state index is 12.9. The van der Waals surface area contributed by atoms with Crippen LogP contribution in [0.4, 0.5) is 0 Å². The zero-order valence-electron chi connectivity index (χ0n) is 20.1. The van der Waals surface area contributed by atoms with Crippen LogP contribution >= 0.6 is 11.8 Å². The highest BCUT2D eigenvalue weighted by Crippen LogP contribution is 2.22. The molecule has 9 heteroatoms. The van der Waals surface area contributed by atoms with Crippen molar-refractivity contribution in [2.24, 2.45) is 0 Å². The lowest BCUT2D eigenvalue weighted by Crippen LogP contribution is -2.38. The second kappa shape index (κ2) is 11.3. The number of likely N-dealkylation sites (N-methyl/N-ethyl adjacent to an activating group) is 1. The molecule has 0 aliphatic carbocycles. The lowest BCUT2D eigenvalue weighted by molar-refractivity contribution is -0.118. The van der Waals surface area contributed by atoms with E-state index in [-0.39, 0.29) is 23.3 Å².